The molecule has 1 aromatic heterocycles. The van der Waals surface area contributed by atoms with Crippen LogP contribution in [0.25, 0.3) is 10.9 Å². The average molecular weight is 319 g/mol. The van der Waals surface area contributed by atoms with Crippen LogP contribution in [0.1, 0.15) is 24.2 Å². The molecule has 0 atom stereocenters. The molecule has 1 heterocycles. The minimum absolute atomic E-state index is 0.0322. The number of pyridine rings is 1. The summed E-state index contributed by atoms with van der Waals surface area (Å²) in [7, 11) is 3.94. The molecular formula is C17H22FN3O2. The van der Waals surface area contributed by atoms with E-state index in [0.717, 1.165) is 6.54 Å². The van der Waals surface area contributed by atoms with Crippen molar-refractivity contribution in [3.8, 4) is 0 Å². The second-order valence-electron chi connectivity index (χ2n) is 6.81. The lowest BCUT2D eigenvalue weighted by molar-refractivity contribution is 0.0928. The highest BCUT2D eigenvalue weighted by molar-refractivity contribution is 5.97. The summed E-state index contributed by atoms with van der Waals surface area (Å²) < 4.78 is 13.2. The monoisotopic (exact) mass is 319 g/mol. The van der Waals surface area contributed by atoms with Gasteiger partial charge in [-0.2, -0.15) is 0 Å². The van der Waals surface area contributed by atoms with Crippen LogP contribution in [0.4, 0.5) is 4.39 Å². The van der Waals surface area contributed by atoms with E-state index in [1.807, 2.05) is 32.8 Å². The maximum absolute atomic E-state index is 13.2. The van der Waals surface area contributed by atoms with Crippen LogP contribution in [0.2, 0.25) is 0 Å². The number of benzene rings is 1. The van der Waals surface area contributed by atoms with Gasteiger partial charge in [0.1, 0.15) is 11.4 Å². The normalized spacial score (nSPS) is 11.9. The molecule has 6 heteroatoms. The van der Waals surface area contributed by atoms with E-state index < -0.39 is 17.2 Å². The number of hydrogen-bond acceptors (Lipinski definition) is 3. The molecule has 0 unspecified atom stereocenters. The third-order valence-electron chi connectivity index (χ3n) is 3.56. The Labute approximate surface area is 134 Å². The molecule has 0 radical (unpaired) electrons. The van der Waals surface area contributed by atoms with Crippen LogP contribution < -0.4 is 10.7 Å². The summed E-state index contributed by atoms with van der Waals surface area (Å²) in [5, 5.41) is 3.10. The van der Waals surface area contributed by atoms with Crippen LogP contribution in [0.15, 0.2) is 29.2 Å². The van der Waals surface area contributed by atoms with E-state index in [1.54, 1.807) is 0 Å². The number of carbonyl (C=O) groups is 1. The quantitative estimate of drug-likeness (QED) is 0.886. The van der Waals surface area contributed by atoms with E-state index in [4.69, 9.17) is 0 Å². The summed E-state index contributed by atoms with van der Waals surface area (Å²) in [5.41, 5.74) is -0.114. The van der Waals surface area contributed by atoms with Gasteiger partial charge >= 0.3 is 0 Å². The Morgan fingerprint density at radius 1 is 1.35 bits per heavy atom. The van der Waals surface area contributed by atoms with Crippen LogP contribution in [0.5, 0.6) is 0 Å². The molecule has 0 aliphatic rings. The number of halogens is 1. The molecule has 0 saturated heterocycles. The summed E-state index contributed by atoms with van der Waals surface area (Å²) in [6.45, 7) is 5.34. The highest BCUT2D eigenvalue weighted by Crippen LogP contribution is 2.15. The Bertz CT molecular complexity index is 781. The molecule has 2 aromatic rings. The number of H-pyrrole nitrogens is 1. The zero-order valence-corrected chi connectivity index (χ0v) is 13.9. The molecule has 0 saturated carbocycles. The maximum atomic E-state index is 13.2. The Balaban J connectivity index is 2.20. The van der Waals surface area contributed by atoms with Gasteiger partial charge in [0.15, 0.2) is 0 Å². The Morgan fingerprint density at radius 2 is 2.04 bits per heavy atom. The molecule has 2 rings (SSSR count). The molecule has 0 bridgehead atoms. The smallest absolute Gasteiger partial charge is 0.256 e. The molecule has 124 valence electrons. The molecule has 5 nitrogen and oxygen atoms in total. The summed E-state index contributed by atoms with van der Waals surface area (Å²) in [4.78, 5) is 29.5. The molecule has 0 aliphatic heterocycles. The van der Waals surface area contributed by atoms with Crippen molar-refractivity contribution < 1.29 is 9.18 Å². The van der Waals surface area contributed by atoms with Crippen LogP contribution in [0, 0.1) is 11.2 Å². The SMILES string of the molecule is CN(C)CC(C)(C)CNC(=O)c1c[nH]c2cc(F)ccc2c1=O. The number of rotatable bonds is 5. The maximum Gasteiger partial charge on any atom is 0.256 e. The lowest BCUT2D eigenvalue weighted by atomic mass is 9.93. The largest absolute Gasteiger partial charge is 0.360 e. The summed E-state index contributed by atoms with van der Waals surface area (Å²) in [6, 6.07) is 3.83. The number of amides is 1. The predicted molar refractivity (Wildman–Crippen MR) is 89.2 cm³/mol. The number of aromatic amines is 1. The molecule has 23 heavy (non-hydrogen) atoms. The van der Waals surface area contributed by atoms with Crippen molar-refractivity contribution in [3.05, 3.63) is 46.0 Å². The first kappa shape index (κ1) is 17.1. The minimum Gasteiger partial charge on any atom is -0.360 e. The second-order valence-corrected chi connectivity index (χ2v) is 6.81. The van der Waals surface area contributed by atoms with E-state index >= 15 is 0 Å². The highest BCUT2D eigenvalue weighted by atomic mass is 19.1. The average Bonchev–Trinajstić information content (AvgIpc) is 2.43. The van der Waals surface area contributed by atoms with Crippen LogP contribution >= 0.6 is 0 Å². The lowest BCUT2D eigenvalue weighted by Gasteiger charge is -2.28. The standard InChI is InChI=1S/C17H22FN3O2/c1-17(2,10-21(3)4)9-20-16(23)13-8-19-14-7-11(18)5-6-12(14)15(13)22/h5-8H,9-10H2,1-4H3,(H,19,22)(H,20,23). The van der Waals surface area contributed by atoms with Gasteiger partial charge in [0, 0.05) is 24.7 Å². The summed E-state index contributed by atoms with van der Waals surface area (Å²) in [5.74, 6) is -0.861. The van der Waals surface area contributed by atoms with Gasteiger partial charge in [0.2, 0.25) is 5.43 Å². The lowest BCUT2D eigenvalue weighted by Crippen LogP contribution is -2.41. The van der Waals surface area contributed by atoms with Gasteiger partial charge in [-0.25, -0.2) is 4.39 Å². The van der Waals surface area contributed by atoms with E-state index in [1.165, 1.54) is 24.4 Å². The van der Waals surface area contributed by atoms with Gasteiger partial charge in [-0.15, -0.1) is 0 Å². The van der Waals surface area contributed by atoms with E-state index in [2.05, 4.69) is 10.3 Å². The van der Waals surface area contributed by atoms with E-state index in [9.17, 15) is 14.0 Å². The molecule has 2 N–H and O–H groups in total. The highest BCUT2D eigenvalue weighted by Gasteiger charge is 2.21. The van der Waals surface area contributed by atoms with Gasteiger partial charge in [0.25, 0.3) is 5.91 Å². The summed E-state index contributed by atoms with van der Waals surface area (Å²) in [6.07, 6.45) is 1.33. The molecule has 0 fully saturated rings. The molecule has 0 spiro atoms. The molecule has 0 aliphatic carbocycles. The fourth-order valence-corrected chi connectivity index (χ4v) is 2.69. The molecular weight excluding hydrogens is 297 g/mol. The fraction of sp³-hybridized carbons (Fsp3) is 0.412. The fourth-order valence-electron chi connectivity index (χ4n) is 2.69. The van der Waals surface area contributed by atoms with Crippen molar-refractivity contribution in [2.45, 2.75) is 13.8 Å². The zero-order valence-electron chi connectivity index (χ0n) is 13.9. The third-order valence-corrected chi connectivity index (χ3v) is 3.56. The topological polar surface area (TPSA) is 65.2 Å². The summed E-state index contributed by atoms with van der Waals surface area (Å²) >= 11 is 0. The van der Waals surface area contributed by atoms with Crippen LogP contribution in [0.3, 0.4) is 0 Å². The number of nitrogens with zero attached hydrogens (tertiary/aromatic N) is 1. The number of hydrogen-bond donors (Lipinski definition) is 2. The van der Waals surface area contributed by atoms with Crippen molar-refractivity contribution in [3.63, 3.8) is 0 Å². The van der Waals surface area contributed by atoms with Crippen molar-refractivity contribution in [2.24, 2.45) is 5.41 Å². The van der Waals surface area contributed by atoms with Crippen molar-refractivity contribution in [1.29, 1.82) is 0 Å². The number of aromatic nitrogens is 1. The number of carbonyl (C=O) groups excluding carboxylic acids is 1. The van der Waals surface area contributed by atoms with E-state index in [0.29, 0.717) is 17.4 Å². The minimum atomic E-state index is -0.434. The Morgan fingerprint density at radius 3 is 2.70 bits per heavy atom. The zero-order chi connectivity index (χ0) is 17.2. The van der Waals surface area contributed by atoms with Crippen LogP contribution in [-0.4, -0.2) is 43.0 Å². The van der Waals surface area contributed by atoms with E-state index in [-0.39, 0.29) is 11.0 Å². The molecule has 1 amide bonds. The molecule has 1 aromatic carbocycles. The Hall–Kier alpha value is -2.21. The first-order valence-electron chi connectivity index (χ1n) is 7.43. The first-order valence-corrected chi connectivity index (χ1v) is 7.43. The second kappa shape index (κ2) is 6.50. The van der Waals surface area contributed by atoms with Gasteiger partial charge in [-0.1, -0.05) is 13.8 Å². The van der Waals surface area contributed by atoms with Gasteiger partial charge in [-0.05, 0) is 37.7 Å². The first-order chi connectivity index (χ1) is 10.7. The number of nitrogens with one attached hydrogen (secondary N) is 2. The van der Waals surface area contributed by atoms with Crippen LogP contribution in [-0.2, 0) is 0 Å². The van der Waals surface area contributed by atoms with Gasteiger partial charge in [-0.3, -0.25) is 9.59 Å². The third kappa shape index (κ3) is 4.16. The van der Waals surface area contributed by atoms with Crippen molar-refractivity contribution in [2.75, 3.05) is 27.2 Å². The van der Waals surface area contributed by atoms with Crippen molar-refractivity contribution in [1.82, 2.24) is 15.2 Å². The number of fused-ring (bicyclic) bond motifs is 1. The van der Waals surface area contributed by atoms with Crippen molar-refractivity contribution >= 4 is 16.8 Å². The Kier molecular flexibility index (Phi) is 4.85. The predicted octanol–water partition coefficient (Wildman–Crippen LogP) is 1.98. The van der Waals surface area contributed by atoms with Gasteiger partial charge < -0.3 is 15.2 Å². The van der Waals surface area contributed by atoms with Gasteiger partial charge in [0.05, 0.1) is 5.52 Å².